The van der Waals surface area contributed by atoms with Gasteiger partial charge in [-0.15, -0.1) is 0 Å². The van der Waals surface area contributed by atoms with Crippen LogP contribution in [0.3, 0.4) is 0 Å². The van der Waals surface area contributed by atoms with Crippen LogP contribution < -0.4 is 0 Å². The van der Waals surface area contributed by atoms with Gasteiger partial charge < -0.3 is 9.30 Å². The van der Waals surface area contributed by atoms with Crippen LogP contribution >= 0.6 is 0 Å². The van der Waals surface area contributed by atoms with Crippen LogP contribution in [0.2, 0.25) is 25.7 Å². The highest BCUT2D eigenvalue weighted by Crippen LogP contribution is 2.29. The summed E-state index contributed by atoms with van der Waals surface area (Å²) in [5, 5.41) is 14.9. The number of nitrogens with zero attached hydrogens (tertiary/aromatic N) is 5. The smallest absolute Gasteiger partial charge is 0.142 e. The normalized spacial score (nSPS) is 11.7. The molecule has 0 spiro atoms. The summed E-state index contributed by atoms with van der Waals surface area (Å²) in [4.78, 5) is 4.58. The van der Waals surface area contributed by atoms with Crippen molar-refractivity contribution in [2.75, 3.05) is 6.61 Å². The quantitative estimate of drug-likeness (QED) is 0.292. The molecule has 0 radical (unpaired) electrons. The number of hydrogen-bond acceptors (Lipinski definition) is 4. The van der Waals surface area contributed by atoms with Crippen LogP contribution in [0.5, 0.6) is 0 Å². The van der Waals surface area contributed by atoms with Gasteiger partial charge in [0, 0.05) is 44.2 Å². The summed E-state index contributed by atoms with van der Waals surface area (Å²) in [6.07, 6.45) is 7.71. The van der Waals surface area contributed by atoms with Gasteiger partial charge in [-0.1, -0.05) is 25.7 Å². The van der Waals surface area contributed by atoms with Gasteiger partial charge in [0.15, 0.2) is 0 Å². The van der Waals surface area contributed by atoms with E-state index >= 15 is 0 Å². The second-order valence-electron chi connectivity index (χ2n) is 8.96. The largest absolute Gasteiger partial charge is 0.361 e. The molecule has 0 unspecified atom stereocenters. The zero-order chi connectivity index (χ0) is 22.0. The van der Waals surface area contributed by atoms with Crippen molar-refractivity contribution in [3.05, 3.63) is 66.2 Å². The zero-order valence-corrected chi connectivity index (χ0v) is 19.5. The molecule has 0 bridgehead atoms. The van der Waals surface area contributed by atoms with Crippen LogP contribution in [0.4, 0.5) is 0 Å². The monoisotopic (exact) mass is 429 g/mol. The van der Waals surface area contributed by atoms with Crippen LogP contribution in [0.25, 0.3) is 27.8 Å². The predicted molar refractivity (Wildman–Crippen MR) is 126 cm³/mol. The Balaban J connectivity index is 1.60. The van der Waals surface area contributed by atoms with Gasteiger partial charge in [-0.05, 0) is 48.4 Å². The van der Waals surface area contributed by atoms with Crippen LogP contribution in [0.1, 0.15) is 11.1 Å². The number of ether oxygens (including phenoxy) is 1. The highest BCUT2D eigenvalue weighted by Gasteiger charge is 2.14. The first-order chi connectivity index (χ1) is 14.9. The SMILES string of the molecule is Cc1c(C#N)cccc1-n1cc(-c2ccnc3c2ccn3COCC[Si](C)(C)C)cn1. The minimum atomic E-state index is -1.10. The number of rotatable bonds is 7. The Morgan fingerprint density at radius 2 is 2.00 bits per heavy atom. The summed E-state index contributed by atoms with van der Waals surface area (Å²) in [7, 11) is -1.10. The van der Waals surface area contributed by atoms with E-state index in [1.165, 1.54) is 0 Å². The Morgan fingerprint density at radius 1 is 1.16 bits per heavy atom. The van der Waals surface area contributed by atoms with Crippen molar-refractivity contribution < 1.29 is 4.74 Å². The number of pyridine rings is 1. The average molecular weight is 430 g/mol. The third-order valence-electron chi connectivity index (χ3n) is 5.46. The number of fused-ring (bicyclic) bond motifs is 1. The van der Waals surface area contributed by atoms with E-state index in [1.54, 1.807) is 0 Å². The van der Waals surface area contributed by atoms with Gasteiger partial charge in [0.05, 0.1) is 23.5 Å². The fourth-order valence-electron chi connectivity index (χ4n) is 3.57. The van der Waals surface area contributed by atoms with E-state index in [0.29, 0.717) is 12.3 Å². The molecular formula is C24H27N5OSi. The number of aromatic nitrogens is 4. The summed E-state index contributed by atoms with van der Waals surface area (Å²) in [6, 6.07) is 13.2. The van der Waals surface area contributed by atoms with Crippen molar-refractivity contribution in [2.24, 2.45) is 0 Å². The molecule has 0 aliphatic carbocycles. The summed E-state index contributed by atoms with van der Waals surface area (Å²) < 4.78 is 9.80. The van der Waals surface area contributed by atoms with Crippen molar-refractivity contribution >= 4 is 19.1 Å². The van der Waals surface area contributed by atoms with E-state index < -0.39 is 8.07 Å². The Morgan fingerprint density at radius 3 is 2.77 bits per heavy atom. The van der Waals surface area contributed by atoms with Gasteiger partial charge in [-0.25, -0.2) is 9.67 Å². The molecule has 0 saturated heterocycles. The van der Waals surface area contributed by atoms with Crippen molar-refractivity contribution in [1.29, 1.82) is 5.26 Å². The molecule has 0 aliphatic heterocycles. The molecule has 0 amide bonds. The molecule has 6 nitrogen and oxygen atoms in total. The molecular weight excluding hydrogens is 402 g/mol. The van der Waals surface area contributed by atoms with Crippen LogP contribution in [0, 0.1) is 18.3 Å². The standard InChI is InChI=1S/C24H27N5OSi/c1-18-19(14-25)6-5-7-23(18)29-16-20(15-27-29)21-8-10-26-24-22(21)9-11-28(24)17-30-12-13-31(2,3)4/h5-11,15-16H,12-13,17H2,1-4H3. The lowest BCUT2D eigenvalue weighted by atomic mass is 10.1. The van der Waals surface area contributed by atoms with Gasteiger partial charge >= 0.3 is 0 Å². The molecule has 0 aliphatic rings. The first-order valence-electron chi connectivity index (χ1n) is 10.4. The van der Waals surface area contributed by atoms with Crippen molar-refractivity contribution in [2.45, 2.75) is 39.3 Å². The molecule has 0 fully saturated rings. The Bertz CT molecular complexity index is 1260. The molecule has 4 aromatic rings. The fraction of sp³-hybridized carbons (Fsp3) is 0.292. The maximum absolute atomic E-state index is 9.31. The molecule has 7 heteroatoms. The first kappa shape index (κ1) is 21.0. The van der Waals surface area contributed by atoms with Gasteiger partial charge in [0.2, 0.25) is 0 Å². The summed E-state index contributed by atoms with van der Waals surface area (Å²) in [6.45, 7) is 10.3. The fourth-order valence-corrected chi connectivity index (χ4v) is 4.33. The zero-order valence-electron chi connectivity index (χ0n) is 18.5. The maximum atomic E-state index is 9.31. The molecule has 158 valence electrons. The molecule has 3 heterocycles. The predicted octanol–water partition coefficient (Wildman–Crippen LogP) is 5.38. The number of nitriles is 1. The van der Waals surface area contributed by atoms with Crippen LogP contribution in [0.15, 0.2) is 55.1 Å². The summed E-state index contributed by atoms with van der Waals surface area (Å²) in [5.74, 6) is 0. The molecule has 4 rings (SSSR count). The Kier molecular flexibility index (Phi) is 5.77. The lowest BCUT2D eigenvalue weighted by molar-refractivity contribution is 0.0899. The summed E-state index contributed by atoms with van der Waals surface area (Å²) >= 11 is 0. The number of hydrogen-bond donors (Lipinski definition) is 0. The van der Waals surface area contributed by atoms with E-state index in [1.807, 2.05) is 65.2 Å². The molecule has 31 heavy (non-hydrogen) atoms. The Hall–Kier alpha value is -3.21. The lowest BCUT2D eigenvalue weighted by Gasteiger charge is -2.15. The molecule has 0 N–H and O–H groups in total. The van der Waals surface area contributed by atoms with Crippen LogP contribution in [-0.2, 0) is 11.5 Å². The average Bonchev–Trinajstić information content (AvgIpc) is 3.38. The van der Waals surface area contributed by atoms with Crippen LogP contribution in [-0.4, -0.2) is 34.0 Å². The molecule has 0 atom stereocenters. The second kappa shape index (κ2) is 8.50. The van der Waals surface area contributed by atoms with E-state index in [9.17, 15) is 5.26 Å². The first-order valence-corrected chi connectivity index (χ1v) is 14.1. The highest BCUT2D eigenvalue weighted by molar-refractivity contribution is 6.76. The lowest BCUT2D eigenvalue weighted by Crippen LogP contribution is -2.22. The maximum Gasteiger partial charge on any atom is 0.142 e. The second-order valence-corrected chi connectivity index (χ2v) is 14.6. The third-order valence-corrected chi connectivity index (χ3v) is 7.16. The highest BCUT2D eigenvalue weighted by atomic mass is 28.3. The van der Waals surface area contributed by atoms with Gasteiger partial charge in [-0.3, -0.25) is 0 Å². The summed E-state index contributed by atoms with van der Waals surface area (Å²) in [5.41, 5.74) is 5.47. The topological polar surface area (TPSA) is 68.7 Å². The van der Waals surface area contributed by atoms with Crippen molar-refractivity contribution in [1.82, 2.24) is 19.3 Å². The van der Waals surface area contributed by atoms with E-state index in [0.717, 1.165) is 46.1 Å². The molecule has 3 aromatic heterocycles. The third kappa shape index (κ3) is 4.45. The minimum Gasteiger partial charge on any atom is -0.361 e. The van der Waals surface area contributed by atoms with E-state index in [2.05, 4.69) is 41.9 Å². The minimum absolute atomic E-state index is 0.504. The Labute approximate surface area is 183 Å². The molecule has 1 aromatic carbocycles. The van der Waals surface area contributed by atoms with Gasteiger partial charge in [-0.2, -0.15) is 10.4 Å². The van der Waals surface area contributed by atoms with Crippen molar-refractivity contribution in [3.8, 4) is 22.9 Å². The van der Waals surface area contributed by atoms with Crippen molar-refractivity contribution in [3.63, 3.8) is 0 Å². The van der Waals surface area contributed by atoms with E-state index in [-0.39, 0.29) is 0 Å². The van der Waals surface area contributed by atoms with Gasteiger partial charge in [0.1, 0.15) is 12.4 Å². The van der Waals surface area contributed by atoms with Gasteiger partial charge in [0.25, 0.3) is 0 Å². The van der Waals surface area contributed by atoms with E-state index in [4.69, 9.17) is 4.74 Å². The number of benzene rings is 1. The molecule has 0 saturated carbocycles.